The van der Waals surface area contributed by atoms with E-state index in [0.29, 0.717) is 0 Å². The van der Waals surface area contributed by atoms with Gasteiger partial charge in [0.05, 0.1) is 12.9 Å². The minimum Gasteiger partial charge on any atom is -0.394 e. The highest BCUT2D eigenvalue weighted by Gasteiger charge is 2.47. The molecular formula is C10H13ClN2O8S. The summed E-state index contributed by atoms with van der Waals surface area (Å²) in [6, 6.07) is 0. The van der Waals surface area contributed by atoms with Crippen LogP contribution in [0.5, 0.6) is 0 Å². The fraction of sp³-hybridized carbons (Fsp3) is 0.600. The first kappa shape index (κ1) is 17.1. The van der Waals surface area contributed by atoms with Gasteiger partial charge in [0.15, 0.2) is 6.23 Å². The Morgan fingerprint density at radius 3 is 2.68 bits per heavy atom. The lowest BCUT2D eigenvalue weighted by Gasteiger charge is -2.18. The van der Waals surface area contributed by atoms with Gasteiger partial charge in [0.2, 0.25) is 0 Å². The summed E-state index contributed by atoms with van der Waals surface area (Å²) in [5.41, 5.74) is -1.74. The van der Waals surface area contributed by atoms with Crippen molar-refractivity contribution in [1.82, 2.24) is 9.55 Å². The van der Waals surface area contributed by atoms with Gasteiger partial charge in [-0.2, -0.15) is 8.42 Å². The molecule has 0 amide bonds. The third kappa shape index (κ3) is 3.39. The van der Waals surface area contributed by atoms with Gasteiger partial charge < -0.3 is 14.9 Å². The lowest BCUT2D eigenvalue weighted by molar-refractivity contribution is -0.0543. The molecule has 1 aliphatic heterocycles. The van der Waals surface area contributed by atoms with Crippen molar-refractivity contribution in [2.75, 3.05) is 12.9 Å². The lowest BCUT2D eigenvalue weighted by Crippen LogP contribution is -2.40. The molecule has 12 heteroatoms. The van der Waals surface area contributed by atoms with Crippen molar-refractivity contribution in [3.8, 4) is 0 Å². The Hall–Kier alpha value is -1.24. The minimum atomic E-state index is -3.94. The van der Waals surface area contributed by atoms with Crippen LogP contribution in [0.3, 0.4) is 0 Å². The number of ether oxygens (including phenoxy) is 1. The second kappa shape index (κ2) is 6.10. The zero-order valence-corrected chi connectivity index (χ0v) is 12.7. The average molecular weight is 357 g/mol. The van der Waals surface area contributed by atoms with Crippen LogP contribution in [0.1, 0.15) is 6.23 Å². The van der Waals surface area contributed by atoms with E-state index >= 15 is 0 Å². The van der Waals surface area contributed by atoms with Crippen LogP contribution in [0.2, 0.25) is 5.02 Å². The van der Waals surface area contributed by atoms with Gasteiger partial charge in [-0.3, -0.25) is 18.5 Å². The Bertz CT molecular complexity index is 772. The van der Waals surface area contributed by atoms with Crippen molar-refractivity contribution in [2.24, 2.45) is 0 Å². The third-order valence-corrected chi connectivity index (χ3v) is 3.81. The van der Waals surface area contributed by atoms with Crippen LogP contribution in [-0.2, 0) is 19.0 Å². The number of aromatic amines is 1. The van der Waals surface area contributed by atoms with Crippen LogP contribution < -0.4 is 11.2 Å². The highest BCUT2D eigenvalue weighted by Crippen LogP contribution is 2.31. The summed E-state index contributed by atoms with van der Waals surface area (Å²) in [7, 11) is -3.94. The summed E-state index contributed by atoms with van der Waals surface area (Å²) in [5, 5.41) is 19.0. The van der Waals surface area contributed by atoms with E-state index in [4.69, 9.17) is 16.3 Å². The summed E-state index contributed by atoms with van der Waals surface area (Å²) < 4.78 is 33.1. The zero-order chi connectivity index (χ0) is 16.7. The first-order chi connectivity index (χ1) is 10.1. The second-order valence-electron chi connectivity index (χ2n) is 4.65. The molecule has 2 rings (SSSR count). The smallest absolute Gasteiger partial charge is 0.330 e. The molecule has 0 bridgehead atoms. The van der Waals surface area contributed by atoms with Gasteiger partial charge in [-0.1, -0.05) is 11.6 Å². The molecule has 10 nitrogen and oxygen atoms in total. The summed E-state index contributed by atoms with van der Waals surface area (Å²) in [4.78, 5) is 24.9. The number of H-pyrrole nitrogens is 1. The van der Waals surface area contributed by atoms with E-state index in [1.807, 2.05) is 4.98 Å². The van der Waals surface area contributed by atoms with Crippen LogP contribution in [0, 0.1) is 0 Å². The number of rotatable bonds is 4. The fourth-order valence-corrected chi connectivity index (χ4v) is 2.86. The monoisotopic (exact) mass is 356 g/mol. The van der Waals surface area contributed by atoms with Crippen LogP contribution in [0.25, 0.3) is 0 Å². The lowest BCUT2D eigenvalue weighted by atomic mass is 10.1. The van der Waals surface area contributed by atoms with Crippen LogP contribution in [-0.4, -0.2) is 59.4 Å². The molecule has 1 aromatic heterocycles. The molecule has 1 saturated heterocycles. The Labute approximate surface area is 129 Å². The van der Waals surface area contributed by atoms with Crippen LogP contribution in [0.4, 0.5) is 0 Å². The Morgan fingerprint density at radius 2 is 2.14 bits per heavy atom. The van der Waals surface area contributed by atoms with E-state index in [-0.39, 0.29) is 5.02 Å². The van der Waals surface area contributed by atoms with Crippen molar-refractivity contribution in [2.45, 2.75) is 24.5 Å². The number of aliphatic hydroxyl groups excluding tert-OH is 2. The molecular weight excluding hydrogens is 344 g/mol. The third-order valence-electron chi connectivity index (χ3n) is 2.97. The highest BCUT2D eigenvalue weighted by atomic mass is 35.5. The molecule has 3 N–H and O–H groups in total. The number of nitrogens with one attached hydrogen (secondary N) is 1. The molecule has 0 aliphatic carbocycles. The van der Waals surface area contributed by atoms with E-state index < -0.39 is 52.5 Å². The Balaban J connectivity index is 2.40. The van der Waals surface area contributed by atoms with Gasteiger partial charge in [0.1, 0.15) is 23.3 Å². The summed E-state index contributed by atoms with van der Waals surface area (Å²) in [6.07, 6.45) is -3.87. The van der Waals surface area contributed by atoms with Gasteiger partial charge in [-0.05, 0) is 0 Å². The van der Waals surface area contributed by atoms with Crippen LogP contribution in [0.15, 0.2) is 15.8 Å². The maximum atomic E-state index is 11.7. The van der Waals surface area contributed by atoms with E-state index in [9.17, 15) is 28.2 Å². The highest BCUT2D eigenvalue weighted by molar-refractivity contribution is 7.86. The largest absolute Gasteiger partial charge is 0.394 e. The van der Waals surface area contributed by atoms with Crippen LogP contribution >= 0.6 is 11.6 Å². The SMILES string of the molecule is CS(=O)(=O)O[C@@H]1[C@@H](O)[C@H](n2cc(Cl)c(=O)[nH]c2=O)O[C@@H]1CO. The van der Waals surface area contributed by atoms with Crippen molar-refractivity contribution in [3.63, 3.8) is 0 Å². The normalized spacial score (nSPS) is 28.9. The second-order valence-corrected chi connectivity index (χ2v) is 6.65. The maximum absolute atomic E-state index is 11.7. The Kier molecular flexibility index (Phi) is 4.75. The predicted molar refractivity (Wildman–Crippen MR) is 73.1 cm³/mol. The molecule has 1 fully saturated rings. The number of hydrogen-bond donors (Lipinski definition) is 3. The van der Waals surface area contributed by atoms with Crippen molar-refractivity contribution in [3.05, 3.63) is 32.1 Å². The number of halogens is 1. The van der Waals surface area contributed by atoms with Crippen molar-refractivity contribution < 1.29 is 27.6 Å². The number of aliphatic hydroxyl groups is 2. The van der Waals surface area contributed by atoms with Gasteiger partial charge in [-0.25, -0.2) is 4.79 Å². The minimum absolute atomic E-state index is 0.330. The molecule has 0 radical (unpaired) electrons. The van der Waals surface area contributed by atoms with Gasteiger partial charge in [-0.15, -0.1) is 0 Å². The Morgan fingerprint density at radius 1 is 1.50 bits per heavy atom. The molecule has 0 unspecified atom stereocenters. The molecule has 124 valence electrons. The van der Waals surface area contributed by atoms with E-state index in [0.717, 1.165) is 17.0 Å². The van der Waals surface area contributed by atoms with Gasteiger partial charge in [0, 0.05) is 6.20 Å². The van der Waals surface area contributed by atoms with Crippen molar-refractivity contribution in [1.29, 1.82) is 0 Å². The average Bonchev–Trinajstić information content (AvgIpc) is 2.69. The first-order valence-electron chi connectivity index (χ1n) is 5.97. The topological polar surface area (TPSA) is 148 Å². The molecule has 0 saturated carbocycles. The predicted octanol–water partition coefficient (Wildman–Crippen LogP) is -2.21. The van der Waals surface area contributed by atoms with E-state index in [1.54, 1.807) is 0 Å². The summed E-state index contributed by atoms with van der Waals surface area (Å²) in [6.45, 7) is -0.653. The number of nitrogens with zero attached hydrogens (tertiary/aromatic N) is 1. The van der Waals surface area contributed by atoms with E-state index in [1.165, 1.54) is 0 Å². The fourth-order valence-electron chi connectivity index (χ4n) is 2.07. The molecule has 2 heterocycles. The molecule has 22 heavy (non-hydrogen) atoms. The standard InChI is InChI=1S/C10H13ClN2O8S/c1-22(18,19)21-7-5(3-14)20-9(6(7)15)13-2-4(11)8(16)12-10(13)17/h2,5-7,9,14-15H,3H2,1H3,(H,12,16,17)/t5-,6-,7+,9-/m1/s1. The molecule has 1 aliphatic rings. The molecule has 4 atom stereocenters. The summed E-state index contributed by atoms with van der Waals surface area (Å²) in [5.74, 6) is 0. The zero-order valence-electron chi connectivity index (χ0n) is 11.2. The number of hydrogen-bond acceptors (Lipinski definition) is 8. The summed E-state index contributed by atoms with van der Waals surface area (Å²) >= 11 is 5.61. The van der Waals surface area contributed by atoms with Crippen molar-refractivity contribution >= 4 is 21.7 Å². The van der Waals surface area contributed by atoms with Gasteiger partial charge >= 0.3 is 5.69 Å². The molecule has 0 spiro atoms. The number of aromatic nitrogens is 2. The quantitative estimate of drug-likeness (QED) is 0.514. The maximum Gasteiger partial charge on any atom is 0.330 e. The molecule has 0 aromatic carbocycles. The van der Waals surface area contributed by atoms with Gasteiger partial charge in [0.25, 0.3) is 15.7 Å². The van der Waals surface area contributed by atoms with E-state index in [2.05, 4.69) is 4.18 Å². The first-order valence-corrected chi connectivity index (χ1v) is 8.17. The molecule has 1 aromatic rings.